The summed E-state index contributed by atoms with van der Waals surface area (Å²) in [7, 11) is 0. The molecule has 0 spiro atoms. The number of nitrogens with zero attached hydrogens (tertiary/aromatic N) is 2. The van der Waals surface area contributed by atoms with E-state index in [0.717, 1.165) is 31.2 Å². The van der Waals surface area contributed by atoms with Crippen LogP contribution in [-0.4, -0.2) is 76.6 Å². The van der Waals surface area contributed by atoms with E-state index in [1.807, 2.05) is 37.9 Å². The summed E-state index contributed by atoms with van der Waals surface area (Å²) < 4.78 is 5.55. The van der Waals surface area contributed by atoms with Crippen LogP contribution in [0.4, 0.5) is 4.79 Å². The molecule has 2 atom stereocenters. The molecule has 1 unspecified atom stereocenters. The van der Waals surface area contributed by atoms with Crippen molar-refractivity contribution >= 4 is 35.4 Å². The first kappa shape index (κ1) is 36.0. The second kappa shape index (κ2) is 14.9. The minimum atomic E-state index is -0.885. The van der Waals surface area contributed by atoms with Gasteiger partial charge in [-0.05, 0) is 104 Å². The fraction of sp³-hybridized carbons (Fsp3) is 0.714. The number of nitrogens with one attached hydrogen (secondary N) is 3. The number of rotatable bonds is 8. The third-order valence-corrected chi connectivity index (χ3v) is 9.67. The molecule has 11 heteroatoms. The highest BCUT2D eigenvalue weighted by Gasteiger charge is 2.48. The molecule has 0 radical (unpaired) electrons. The van der Waals surface area contributed by atoms with E-state index in [9.17, 15) is 19.2 Å². The second-order valence-electron chi connectivity index (χ2n) is 15.4. The Hall–Kier alpha value is -2.85. The summed E-state index contributed by atoms with van der Waals surface area (Å²) in [6, 6.07) is 5.58. The van der Waals surface area contributed by atoms with Crippen molar-refractivity contribution in [1.29, 1.82) is 0 Å². The molecule has 10 nitrogen and oxygen atoms in total. The number of carbonyl (C=O) groups excluding carboxylic acids is 4. The Morgan fingerprint density at radius 2 is 1.54 bits per heavy atom. The van der Waals surface area contributed by atoms with Crippen LogP contribution >= 0.6 is 11.6 Å². The zero-order valence-electron chi connectivity index (χ0n) is 28.5. The van der Waals surface area contributed by atoms with E-state index in [2.05, 4.69) is 16.1 Å². The number of benzene rings is 1. The first-order valence-corrected chi connectivity index (χ1v) is 17.4. The molecule has 2 heterocycles. The zero-order valence-corrected chi connectivity index (χ0v) is 29.3. The zero-order chi connectivity index (χ0) is 33.7. The lowest BCUT2D eigenvalue weighted by Crippen LogP contribution is -2.61. The molecule has 1 aromatic rings. The van der Waals surface area contributed by atoms with Gasteiger partial charge in [-0.25, -0.2) is 9.80 Å². The summed E-state index contributed by atoms with van der Waals surface area (Å²) in [4.78, 5) is 55.6. The Bertz CT molecular complexity index is 1230. The fourth-order valence-corrected chi connectivity index (χ4v) is 7.23. The van der Waals surface area contributed by atoms with Gasteiger partial charge in [0.05, 0.1) is 5.41 Å². The monoisotopic (exact) mass is 659 g/mol. The molecular formula is C35H54ClN5O5. The lowest BCUT2D eigenvalue weighted by Gasteiger charge is -2.47. The Kier molecular flexibility index (Phi) is 11.7. The van der Waals surface area contributed by atoms with Gasteiger partial charge in [-0.1, -0.05) is 43.0 Å². The molecule has 3 aliphatic rings. The van der Waals surface area contributed by atoms with Crippen molar-refractivity contribution in [3.63, 3.8) is 0 Å². The van der Waals surface area contributed by atoms with Gasteiger partial charge in [0.15, 0.2) is 0 Å². The number of hydrogen-bond acceptors (Lipinski definition) is 6. The van der Waals surface area contributed by atoms with Crippen molar-refractivity contribution in [2.75, 3.05) is 19.6 Å². The maximum atomic E-state index is 13.8. The van der Waals surface area contributed by atoms with Gasteiger partial charge in [-0.2, -0.15) is 0 Å². The molecule has 1 saturated carbocycles. The van der Waals surface area contributed by atoms with Crippen LogP contribution in [0.5, 0.6) is 0 Å². The van der Waals surface area contributed by atoms with Gasteiger partial charge < -0.3 is 15.4 Å². The number of hydrazine groups is 1. The highest BCUT2D eigenvalue weighted by molar-refractivity contribution is 6.30. The molecule has 2 saturated heterocycles. The predicted molar refractivity (Wildman–Crippen MR) is 179 cm³/mol. The minimum absolute atomic E-state index is 0.122. The molecular weight excluding hydrogens is 606 g/mol. The molecule has 0 aromatic heterocycles. The average Bonchev–Trinajstić information content (AvgIpc) is 3.48. The number of hydrogen-bond donors (Lipinski definition) is 3. The van der Waals surface area contributed by atoms with E-state index in [4.69, 9.17) is 16.3 Å². The Morgan fingerprint density at radius 3 is 2.13 bits per heavy atom. The summed E-state index contributed by atoms with van der Waals surface area (Å²) in [5, 5.41) is 8.68. The third-order valence-electron chi connectivity index (χ3n) is 9.42. The molecule has 4 rings (SSSR count). The van der Waals surface area contributed by atoms with E-state index >= 15 is 0 Å². The van der Waals surface area contributed by atoms with E-state index in [-0.39, 0.29) is 29.7 Å². The minimum Gasteiger partial charge on any atom is -0.444 e. The maximum Gasteiger partial charge on any atom is 0.410 e. The summed E-state index contributed by atoms with van der Waals surface area (Å²) >= 11 is 6.10. The summed E-state index contributed by atoms with van der Waals surface area (Å²) in [6.45, 7) is 12.9. The van der Waals surface area contributed by atoms with Crippen molar-refractivity contribution in [2.24, 2.45) is 11.3 Å². The first-order valence-electron chi connectivity index (χ1n) is 17.0. The molecule has 0 bridgehead atoms. The largest absolute Gasteiger partial charge is 0.444 e. The van der Waals surface area contributed by atoms with Gasteiger partial charge in [-0.15, -0.1) is 0 Å². The van der Waals surface area contributed by atoms with E-state index in [1.54, 1.807) is 32.9 Å². The highest BCUT2D eigenvalue weighted by Crippen LogP contribution is 2.46. The third kappa shape index (κ3) is 9.59. The maximum absolute atomic E-state index is 13.8. The van der Waals surface area contributed by atoms with Gasteiger partial charge in [0.1, 0.15) is 17.7 Å². The Morgan fingerprint density at radius 1 is 0.913 bits per heavy atom. The molecule has 3 N–H and O–H groups in total. The Balaban J connectivity index is 1.46. The van der Waals surface area contributed by atoms with E-state index < -0.39 is 29.2 Å². The van der Waals surface area contributed by atoms with Crippen LogP contribution in [0, 0.1) is 11.3 Å². The van der Waals surface area contributed by atoms with Crippen LogP contribution < -0.4 is 16.1 Å². The van der Waals surface area contributed by atoms with Gasteiger partial charge in [-0.3, -0.25) is 24.7 Å². The lowest BCUT2D eigenvalue weighted by atomic mass is 9.63. The number of likely N-dealkylation sites (tertiary alicyclic amines) is 1. The standard InChI is InChI=1S/C35H54ClN5O5/c1-33(2,3)38-31(44)35(25-11-8-7-9-12-25)18-21-40(22-19-35)39-29(42)27(23-24-14-16-26(36)17-15-24)37-30(43)28-13-10-20-41(28)32(45)46-34(4,5)6/h14-17,25,27-28H,7-13,18-23H2,1-6H3,(H,37,43)(H,38,44)(H,39,42)/t27?,28-/m1/s1. The van der Waals surface area contributed by atoms with Crippen molar-refractivity contribution < 1.29 is 23.9 Å². The molecule has 3 fully saturated rings. The number of halogens is 1. The van der Waals surface area contributed by atoms with Crippen molar-refractivity contribution in [3.8, 4) is 0 Å². The van der Waals surface area contributed by atoms with Gasteiger partial charge >= 0.3 is 6.09 Å². The quantitative estimate of drug-likeness (QED) is 0.345. The number of piperidine rings is 1. The van der Waals surface area contributed by atoms with Crippen molar-refractivity contribution in [2.45, 2.75) is 129 Å². The summed E-state index contributed by atoms with van der Waals surface area (Å²) in [6.07, 6.45) is 7.81. The van der Waals surface area contributed by atoms with Gasteiger partial charge in [0, 0.05) is 36.6 Å². The van der Waals surface area contributed by atoms with Crippen LogP contribution in [0.3, 0.4) is 0 Å². The molecule has 4 amide bonds. The molecule has 1 aromatic carbocycles. The number of carbonyl (C=O) groups is 4. The van der Waals surface area contributed by atoms with Crippen LogP contribution in [0.25, 0.3) is 0 Å². The predicted octanol–water partition coefficient (Wildman–Crippen LogP) is 5.38. The number of amides is 4. The van der Waals surface area contributed by atoms with Gasteiger partial charge in [0.25, 0.3) is 5.91 Å². The van der Waals surface area contributed by atoms with Crippen LogP contribution in [0.15, 0.2) is 24.3 Å². The molecule has 1 aliphatic carbocycles. The SMILES string of the molecule is CC(C)(C)NC(=O)C1(C2CCCCC2)CCN(NC(=O)C(Cc2ccc(Cl)cc2)NC(=O)[C@H]2CCCN2C(=O)OC(C)(C)C)CC1. The fourth-order valence-electron chi connectivity index (χ4n) is 7.10. The highest BCUT2D eigenvalue weighted by atomic mass is 35.5. The molecule has 256 valence electrons. The van der Waals surface area contributed by atoms with Crippen molar-refractivity contribution in [3.05, 3.63) is 34.9 Å². The van der Waals surface area contributed by atoms with E-state index in [1.165, 1.54) is 11.3 Å². The average molecular weight is 660 g/mol. The first-order chi connectivity index (χ1) is 21.6. The Labute approximate surface area is 279 Å². The molecule has 2 aliphatic heterocycles. The normalized spacial score (nSPS) is 21.7. The number of ether oxygens (including phenoxy) is 1. The van der Waals surface area contributed by atoms with Crippen LogP contribution in [0.1, 0.15) is 105 Å². The van der Waals surface area contributed by atoms with Crippen LogP contribution in [-0.2, 0) is 25.5 Å². The lowest BCUT2D eigenvalue weighted by molar-refractivity contribution is -0.143. The van der Waals surface area contributed by atoms with Gasteiger partial charge in [0.2, 0.25) is 11.8 Å². The molecule has 46 heavy (non-hydrogen) atoms. The second-order valence-corrected chi connectivity index (χ2v) is 15.8. The van der Waals surface area contributed by atoms with Crippen LogP contribution in [0.2, 0.25) is 5.02 Å². The topological polar surface area (TPSA) is 120 Å². The van der Waals surface area contributed by atoms with Crippen molar-refractivity contribution in [1.82, 2.24) is 26.0 Å². The smallest absolute Gasteiger partial charge is 0.410 e. The van der Waals surface area contributed by atoms with E-state index in [0.29, 0.717) is 56.3 Å². The summed E-state index contributed by atoms with van der Waals surface area (Å²) in [5.74, 6) is -0.268. The summed E-state index contributed by atoms with van der Waals surface area (Å²) in [5.41, 5.74) is 2.43.